The Balaban J connectivity index is 1.97. The largest absolute Gasteiger partial charge is 0.294 e. The molecule has 0 fully saturated rings. The molecule has 0 atom stereocenters. The molecule has 0 aromatic heterocycles. The summed E-state index contributed by atoms with van der Waals surface area (Å²) in [5.74, 6) is -0.305. The van der Waals surface area contributed by atoms with Crippen molar-refractivity contribution in [2.45, 2.75) is 6.42 Å². The predicted molar refractivity (Wildman–Crippen MR) is 78.4 cm³/mol. The summed E-state index contributed by atoms with van der Waals surface area (Å²) in [5.41, 5.74) is 1.38. The lowest BCUT2D eigenvalue weighted by Crippen LogP contribution is -2.04. The fourth-order valence-electron chi connectivity index (χ4n) is 2.40. The zero-order valence-electron chi connectivity index (χ0n) is 10.8. The molecule has 0 aliphatic heterocycles. The monoisotopic (exact) mass is 264 g/mol. The van der Waals surface area contributed by atoms with Gasteiger partial charge in [-0.1, -0.05) is 54.6 Å². The summed E-state index contributed by atoms with van der Waals surface area (Å²) in [6.45, 7) is 0. The van der Waals surface area contributed by atoms with Crippen LogP contribution in [0, 0.1) is 5.82 Å². The molecule has 20 heavy (non-hydrogen) atoms. The van der Waals surface area contributed by atoms with Gasteiger partial charge in [0.15, 0.2) is 5.78 Å². The molecule has 0 amide bonds. The molecule has 0 unspecified atom stereocenters. The normalized spacial score (nSPS) is 10.7. The maximum atomic E-state index is 13.2. The molecule has 3 rings (SSSR count). The summed E-state index contributed by atoms with van der Waals surface area (Å²) in [7, 11) is 0. The van der Waals surface area contributed by atoms with Crippen LogP contribution in [0.1, 0.15) is 15.9 Å². The second-order valence-corrected chi connectivity index (χ2v) is 4.76. The molecule has 3 aromatic rings. The van der Waals surface area contributed by atoms with E-state index in [9.17, 15) is 9.18 Å². The fourth-order valence-corrected chi connectivity index (χ4v) is 2.40. The van der Waals surface area contributed by atoms with Crippen molar-refractivity contribution >= 4 is 16.6 Å². The summed E-state index contributed by atoms with van der Waals surface area (Å²) >= 11 is 0. The highest BCUT2D eigenvalue weighted by Crippen LogP contribution is 2.20. The SMILES string of the molecule is O=C(Cc1cccc(F)c1)c1cccc2ccccc12. The van der Waals surface area contributed by atoms with Gasteiger partial charge in [-0.3, -0.25) is 4.79 Å². The fraction of sp³-hybridized carbons (Fsp3) is 0.0556. The topological polar surface area (TPSA) is 17.1 Å². The van der Waals surface area contributed by atoms with E-state index in [-0.39, 0.29) is 18.0 Å². The van der Waals surface area contributed by atoms with Gasteiger partial charge in [0.25, 0.3) is 0 Å². The lowest BCUT2D eigenvalue weighted by atomic mass is 9.97. The van der Waals surface area contributed by atoms with Crippen LogP contribution >= 0.6 is 0 Å². The minimum Gasteiger partial charge on any atom is -0.294 e. The molecule has 0 heterocycles. The maximum absolute atomic E-state index is 13.2. The van der Waals surface area contributed by atoms with Gasteiger partial charge < -0.3 is 0 Å². The first-order chi connectivity index (χ1) is 9.74. The molecule has 0 aliphatic carbocycles. The number of carbonyl (C=O) groups is 1. The second kappa shape index (κ2) is 5.25. The lowest BCUT2D eigenvalue weighted by molar-refractivity contribution is 0.0994. The Morgan fingerprint density at radius 1 is 0.900 bits per heavy atom. The Morgan fingerprint density at radius 2 is 1.65 bits per heavy atom. The molecule has 0 radical (unpaired) electrons. The van der Waals surface area contributed by atoms with Crippen molar-refractivity contribution in [2.75, 3.05) is 0 Å². The summed E-state index contributed by atoms with van der Waals surface area (Å²) in [6, 6.07) is 19.6. The third kappa shape index (κ3) is 2.45. The van der Waals surface area contributed by atoms with E-state index < -0.39 is 0 Å². The smallest absolute Gasteiger partial charge is 0.167 e. The van der Waals surface area contributed by atoms with Gasteiger partial charge in [0.2, 0.25) is 0 Å². The van der Waals surface area contributed by atoms with Crippen molar-refractivity contribution in [3.05, 3.63) is 83.7 Å². The van der Waals surface area contributed by atoms with E-state index in [1.165, 1.54) is 12.1 Å². The Kier molecular flexibility index (Phi) is 3.30. The number of rotatable bonds is 3. The van der Waals surface area contributed by atoms with Gasteiger partial charge in [-0.25, -0.2) is 4.39 Å². The molecular weight excluding hydrogens is 251 g/mol. The van der Waals surface area contributed by atoms with Crippen molar-refractivity contribution < 1.29 is 9.18 Å². The van der Waals surface area contributed by atoms with Crippen LogP contribution in [0.2, 0.25) is 0 Å². The number of fused-ring (bicyclic) bond motifs is 1. The van der Waals surface area contributed by atoms with Crippen molar-refractivity contribution in [3.8, 4) is 0 Å². The van der Waals surface area contributed by atoms with Gasteiger partial charge in [0.1, 0.15) is 5.82 Å². The van der Waals surface area contributed by atoms with Gasteiger partial charge >= 0.3 is 0 Å². The number of ketones is 1. The van der Waals surface area contributed by atoms with E-state index >= 15 is 0 Å². The minimum absolute atomic E-state index is 0.00685. The zero-order chi connectivity index (χ0) is 13.9. The van der Waals surface area contributed by atoms with E-state index in [0.717, 1.165) is 10.8 Å². The van der Waals surface area contributed by atoms with E-state index in [2.05, 4.69) is 0 Å². The molecule has 0 aliphatic rings. The van der Waals surface area contributed by atoms with Gasteiger partial charge in [-0.05, 0) is 28.5 Å². The van der Waals surface area contributed by atoms with E-state index in [0.29, 0.717) is 11.1 Å². The molecule has 0 N–H and O–H groups in total. The van der Waals surface area contributed by atoms with Crippen molar-refractivity contribution in [1.29, 1.82) is 0 Å². The average Bonchev–Trinajstić information content (AvgIpc) is 2.46. The van der Waals surface area contributed by atoms with Crippen molar-refractivity contribution in [2.24, 2.45) is 0 Å². The molecule has 1 nitrogen and oxygen atoms in total. The van der Waals surface area contributed by atoms with Crippen LogP contribution in [-0.2, 0) is 6.42 Å². The van der Waals surface area contributed by atoms with Crippen LogP contribution in [0.5, 0.6) is 0 Å². The first kappa shape index (κ1) is 12.5. The van der Waals surface area contributed by atoms with Crippen LogP contribution in [0.25, 0.3) is 10.8 Å². The quantitative estimate of drug-likeness (QED) is 0.641. The zero-order valence-corrected chi connectivity index (χ0v) is 10.8. The van der Waals surface area contributed by atoms with E-state index in [1.54, 1.807) is 12.1 Å². The molecule has 98 valence electrons. The second-order valence-electron chi connectivity index (χ2n) is 4.76. The number of carbonyl (C=O) groups excluding carboxylic acids is 1. The van der Waals surface area contributed by atoms with Crippen LogP contribution in [0.15, 0.2) is 66.7 Å². The molecule has 0 saturated carbocycles. The summed E-state index contributed by atoms with van der Waals surface area (Å²) in [4.78, 5) is 12.4. The van der Waals surface area contributed by atoms with Crippen LogP contribution < -0.4 is 0 Å². The minimum atomic E-state index is -0.312. The molecular formula is C18H13FO. The van der Waals surface area contributed by atoms with Gasteiger partial charge in [-0.15, -0.1) is 0 Å². The predicted octanol–water partition coefficient (Wildman–Crippen LogP) is 4.40. The summed E-state index contributed by atoms with van der Waals surface area (Å²) in [6.07, 6.45) is 0.214. The number of hydrogen-bond acceptors (Lipinski definition) is 1. The van der Waals surface area contributed by atoms with Gasteiger partial charge in [0.05, 0.1) is 0 Å². The number of halogens is 1. The molecule has 0 saturated heterocycles. The highest BCUT2D eigenvalue weighted by atomic mass is 19.1. The van der Waals surface area contributed by atoms with E-state index in [4.69, 9.17) is 0 Å². The standard InChI is InChI=1S/C18H13FO/c19-15-8-3-5-13(11-15)12-18(20)17-10-4-7-14-6-1-2-9-16(14)17/h1-11H,12H2. The first-order valence-electron chi connectivity index (χ1n) is 6.49. The molecule has 3 aromatic carbocycles. The summed E-state index contributed by atoms with van der Waals surface area (Å²) in [5, 5.41) is 1.98. The number of benzene rings is 3. The van der Waals surface area contributed by atoms with Gasteiger partial charge in [-0.2, -0.15) is 0 Å². The molecule has 0 bridgehead atoms. The molecule has 2 heteroatoms. The lowest BCUT2D eigenvalue weighted by Gasteiger charge is -2.06. The highest BCUT2D eigenvalue weighted by molar-refractivity contribution is 6.08. The van der Waals surface area contributed by atoms with Gasteiger partial charge in [0, 0.05) is 12.0 Å². The summed E-state index contributed by atoms with van der Waals surface area (Å²) < 4.78 is 13.2. The molecule has 0 spiro atoms. The maximum Gasteiger partial charge on any atom is 0.167 e. The number of hydrogen-bond donors (Lipinski definition) is 0. The van der Waals surface area contributed by atoms with Crippen molar-refractivity contribution in [3.63, 3.8) is 0 Å². The number of Topliss-reactive ketones (excluding diaryl/α,β-unsaturated/α-hetero) is 1. The third-order valence-electron chi connectivity index (χ3n) is 3.34. The Hall–Kier alpha value is -2.48. The highest BCUT2D eigenvalue weighted by Gasteiger charge is 2.10. The Morgan fingerprint density at radius 3 is 2.50 bits per heavy atom. The third-order valence-corrected chi connectivity index (χ3v) is 3.34. The average molecular weight is 264 g/mol. The Bertz CT molecular complexity index is 772. The van der Waals surface area contributed by atoms with E-state index in [1.807, 2.05) is 42.5 Å². The van der Waals surface area contributed by atoms with Crippen LogP contribution in [0.3, 0.4) is 0 Å². The first-order valence-corrected chi connectivity index (χ1v) is 6.49. The Labute approximate surface area is 116 Å². The van der Waals surface area contributed by atoms with Crippen LogP contribution in [-0.4, -0.2) is 5.78 Å². The van der Waals surface area contributed by atoms with Crippen molar-refractivity contribution in [1.82, 2.24) is 0 Å². The van der Waals surface area contributed by atoms with Crippen LogP contribution in [0.4, 0.5) is 4.39 Å².